The second-order valence-electron chi connectivity index (χ2n) is 31.9. The van der Waals surface area contributed by atoms with Crippen LogP contribution in [0.25, 0.3) is 81.4 Å². The van der Waals surface area contributed by atoms with E-state index in [9.17, 15) is 0 Å². The Hall–Kier alpha value is -6.95. The summed E-state index contributed by atoms with van der Waals surface area (Å²) in [5.41, 5.74) is 26.5. The van der Waals surface area contributed by atoms with Crippen LogP contribution in [-0.2, 0) is 14.2 Å². The average molecular weight is 1480 g/mol. The van der Waals surface area contributed by atoms with Crippen LogP contribution in [0.4, 0.5) is 0 Å². The fraction of sp³-hybridized carbons (Fsp3) is 0.560. The maximum Gasteiger partial charge on any atom is 0.169 e. The minimum absolute atomic E-state index is 0. The van der Waals surface area contributed by atoms with Crippen molar-refractivity contribution in [2.45, 2.75) is 255 Å². The molecule has 2 saturated heterocycles. The Bertz CT molecular complexity index is 4940. The zero-order chi connectivity index (χ0) is 70.8. The molecule has 6 aliphatic rings. The van der Waals surface area contributed by atoms with Gasteiger partial charge in [0, 0.05) is 92.3 Å². The largest absolute Gasteiger partial charge is 0.372 e. The number of aryl methyl sites for hydroxylation is 6. The maximum atomic E-state index is 6.25. The van der Waals surface area contributed by atoms with Crippen LogP contribution in [0.1, 0.15) is 258 Å². The van der Waals surface area contributed by atoms with Crippen LogP contribution in [-0.4, -0.2) is 134 Å². The van der Waals surface area contributed by atoms with Crippen molar-refractivity contribution in [3.05, 3.63) is 119 Å². The van der Waals surface area contributed by atoms with Crippen LogP contribution in [0.3, 0.4) is 0 Å². The van der Waals surface area contributed by atoms with E-state index in [4.69, 9.17) is 14.2 Å². The number of morpholine rings is 2. The lowest BCUT2D eigenvalue weighted by Gasteiger charge is -2.42. The van der Waals surface area contributed by atoms with Crippen molar-refractivity contribution in [1.82, 2.24) is 69.4 Å². The molecule has 0 amide bonds. The number of H-pyrrole nitrogens is 3. The first-order chi connectivity index (χ1) is 49.2. The monoisotopic (exact) mass is 1480 g/mol. The Labute approximate surface area is 633 Å². The van der Waals surface area contributed by atoms with Crippen molar-refractivity contribution in [1.29, 1.82) is 0 Å². The Morgan fingerprint density at radius 1 is 0.429 bits per heavy atom. The minimum Gasteiger partial charge on any atom is -0.372 e. The van der Waals surface area contributed by atoms with E-state index in [1.165, 1.54) is 170 Å². The molecule has 18 nitrogen and oxygen atoms in total. The van der Waals surface area contributed by atoms with Crippen molar-refractivity contribution < 1.29 is 19.2 Å². The quantitative estimate of drug-likeness (QED) is 0.0802. The lowest BCUT2D eigenvalue weighted by atomic mass is 9.77. The van der Waals surface area contributed by atoms with Gasteiger partial charge in [-0.25, -0.2) is 33.5 Å². The van der Waals surface area contributed by atoms with Crippen molar-refractivity contribution in [3.63, 3.8) is 0 Å². The van der Waals surface area contributed by atoms with E-state index in [2.05, 4.69) is 183 Å². The van der Waals surface area contributed by atoms with Gasteiger partial charge in [0.25, 0.3) is 0 Å². The number of hydrogen-bond donors (Lipinski definition) is 6. The highest BCUT2D eigenvalue weighted by Gasteiger charge is 2.44. The number of nitrogens with zero attached hydrogens (tertiary/aromatic N) is 9. The van der Waals surface area contributed by atoms with E-state index in [-0.39, 0.29) is 39.1 Å². The minimum atomic E-state index is 0. The zero-order valence-electron chi connectivity index (χ0n) is 62.6. The molecule has 15 heterocycles. The van der Waals surface area contributed by atoms with Gasteiger partial charge in [-0.2, -0.15) is 15.3 Å². The number of ether oxygens (including phenoxy) is 3. The van der Waals surface area contributed by atoms with Crippen LogP contribution >= 0.6 is 34.0 Å². The Balaban J connectivity index is 0.000000138. The Morgan fingerprint density at radius 2 is 0.743 bits per heavy atom. The molecule has 21 heteroatoms. The van der Waals surface area contributed by atoms with Gasteiger partial charge in [0.05, 0.1) is 41.5 Å². The summed E-state index contributed by atoms with van der Waals surface area (Å²) in [7, 11) is 0. The number of aromatic nitrogens is 12. The first kappa shape index (κ1) is 76.3. The standard InChI is InChI=1S/2C27H35N5OS.C27H33N5OS.3CH4/c3*1-15(2)21-22-18(5)24(19-6-8-27(9-7-19)13-28-10-11-33-27)34-26(22)31-23(21)20-12-32-25(29-14-30-32)17(4)16(20)3;;;/h2*12,14-15,19,28,31H,6-11,13H2,1-5H3;10,12,14-15,19,31H,6-9,11,13H2,1-5H3;3*1H4/p+1. The highest BCUT2D eigenvalue weighted by Crippen LogP contribution is 2.53. The third kappa shape index (κ3) is 13.3. The molecule has 0 atom stereocenters. The second kappa shape index (κ2) is 29.9. The number of nitrogens with one attached hydrogen (secondary N) is 6. The SMILES string of the molecule is C.C.C.Cc1c(-c2[nH]c3sc(C4CCC5(CC4)CNCCO5)c(C)c3c2C(C)C)cn2ncnc2c1C.Cc1c(-c2[nH]c3sc(C4CCC5(CC4)CNCCO5)c(C)c3c2C(C)C)cn2ncnc2c1C.Cc1c(-c2[nH]c3sc(C4CCC5(CC4)C[NH+]=CCO5)c(C)c3c2C(C)C)cn2ncnc2c1C. The van der Waals surface area contributed by atoms with Crippen LogP contribution in [0.2, 0.25) is 0 Å². The summed E-state index contributed by atoms with van der Waals surface area (Å²) in [6.07, 6.45) is 27.6. The summed E-state index contributed by atoms with van der Waals surface area (Å²) >= 11 is 5.94. The molecule has 3 saturated carbocycles. The van der Waals surface area contributed by atoms with Crippen molar-refractivity contribution in [2.75, 3.05) is 52.5 Å². The van der Waals surface area contributed by atoms with Crippen molar-refractivity contribution in [3.8, 4) is 33.8 Å². The van der Waals surface area contributed by atoms with Gasteiger partial charge in [-0.05, 0) is 242 Å². The molecule has 12 aromatic heterocycles. The maximum absolute atomic E-state index is 6.25. The van der Waals surface area contributed by atoms with Crippen molar-refractivity contribution >= 4 is 87.8 Å². The molecule has 562 valence electrons. The van der Waals surface area contributed by atoms with Gasteiger partial charge < -0.3 is 39.8 Å². The first-order valence-corrected chi connectivity index (χ1v) is 40.3. The fourth-order valence-corrected chi connectivity index (χ4v) is 23.0. The summed E-state index contributed by atoms with van der Waals surface area (Å²) in [6.45, 7) is 41.4. The van der Waals surface area contributed by atoms with Gasteiger partial charge in [0.15, 0.2) is 29.7 Å². The number of rotatable bonds is 9. The predicted molar refractivity (Wildman–Crippen MR) is 437 cm³/mol. The Kier molecular flexibility index (Phi) is 21.7. The molecule has 3 spiro atoms. The molecule has 18 rings (SSSR count). The number of aromatic amines is 3. The second-order valence-corrected chi connectivity index (χ2v) is 35.0. The van der Waals surface area contributed by atoms with E-state index in [0.717, 1.165) is 108 Å². The summed E-state index contributed by atoms with van der Waals surface area (Å²) in [5, 5.41) is 24.7. The molecule has 0 bridgehead atoms. The Morgan fingerprint density at radius 3 is 1.02 bits per heavy atom. The van der Waals surface area contributed by atoms with Crippen molar-refractivity contribution in [2.24, 2.45) is 0 Å². The van der Waals surface area contributed by atoms with Gasteiger partial charge in [-0.1, -0.05) is 63.8 Å². The lowest BCUT2D eigenvalue weighted by molar-refractivity contribution is -0.493. The molecule has 5 fully saturated rings. The highest BCUT2D eigenvalue weighted by molar-refractivity contribution is 7.19. The molecule has 12 aromatic rings. The van der Waals surface area contributed by atoms with E-state index < -0.39 is 0 Å². The van der Waals surface area contributed by atoms with Gasteiger partial charge >= 0.3 is 0 Å². The summed E-state index contributed by atoms with van der Waals surface area (Å²) in [4.78, 5) is 37.0. The topological polar surface area (TPSA) is 204 Å². The zero-order valence-corrected chi connectivity index (χ0v) is 65.1. The predicted octanol–water partition coefficient (Wildman–Crippen LogP) is 18.5. The molecule has 0 radical (unpaired) electrons. The molecule has 6 N–H and O–H groups in total. The van der Waals surface area contributed by atoms with Gasteiger partial charge in [-0.3, -0.25) is 0 Å². The van der Waals surface area contributed by atoms with Crippen LogP contribution in [0.15, 0.2) is 37.6 Å². The van der Waals surface area contributed by atoms with Crippen LogP contribution in [0.5, 0.6) is 0 Å². The number of fused-ring (bicyclic) bond motifs is 6. The van der Waals surface area contributed by atoms with E-state index >= 15 is 0 Å². The third-order valence-electron chi connectivity index (χ3n) is 24.9. The van der Waals surface area contributed by atoms with Gasteiger partial charge in [0.1, 0.15) is 45.7 Å². The molecule has 105 heavy (non-hydrogen) atoms. The number of hydrogen-bond acceptors (Lipinski definition) is 14. The molecule has 3 aliphatic heterocycles. The van der Waals surface area contributed by atoms with E-state index in [0.29, 0.717) is 35.5 Å². The van der Waals surface area contributed by atoms with E-state index in [1.807, 2.05) is 53.8 Å². The molecular weight excluding hydrogens is 1360 g/mol. The van der Waals surface area contributed by atoms with Crippen LogP contribution < -0.4 is 15.6 Å². The van der Waals surface area contributed by atoms with E-state index in [1.54, 1.807) is 33.6 Å². The molecule has 0 aromatic carbocycles. The highest BCUT2D eigenvalue weighted by atomic mass is 32.1. The molecule has 0 unspecified atom stereocenters. The number of pyridine rings is 3. The fourth-order valence-electron chi connectivity index (χ4n) is 18.8. The average Bonchev–Trinajstić information content (AvgIpc) is 1.59. The number of thiophene rings is 3. The molecular formula is C84H116N15O3S3+. The lowest BCUT2D eigenvalue weighted by Crippen LogP contribution is -2.79. The third-order valence-corrected chi connectivity index (χ3v) is 29.0. The smallest absolute Gasteiger partial charge is 0.169 e. The molecule has 3 aliphatic carbocycles. The van der Waals surface area contributed by atoms with Gasteiger partial charge in [0.2, 0.25) is 0 Å². The van der Waals surface area contributed by atoms with Crippen LogP contribution in [0, 0.1) is 62.3 Å². The van der Waals surface area contributed by atoms with Gasteiger partial charge in [-0.15, -0.1) is 34.0 Å². The summed E-state index contributed by atoms with van der Waals surface area (Å²) in [6, 6.07) is 0. The summed E-state index contributed by atoms with van der Waals surface area (Å²) < 4.78 is 24.4. The summed E-state index contributed by atoms with van der Waals surface area (Å²) in [5.74, 6) is 3.18. The first-order valence-electron chi connectivity index (χ1n) is 37.9. The normalized spacial score (nSPS) is 22.8.